The molecule has 0 bridgehead atoms. The van der Waals surface area contributed by atoms with Crippen LogP contribution in [-0.4, -0.2) is 29.6 Å². The first-order valence-corrected chi connectivity index (χ1v) is 7.18. The maximum atomic E-state index is 13.1. The lowest BCUT2D eigenvalue weighted by atomic mass is 10.1. The number of carbonyl (C=O) groups excluding carboxylic acids is 1. The number of hydrogen-bond acceptors (Lipinski definition) is 3. The van der Waals surface area contributed by atoms with Crippen molar-refractivity contribution in [3.63, 3.8) is 0 Å². The molecule has 2 saturated carbocycles. The lowest BCUT2D eigenvalue weighted by Gasteiger charge is -2.16. The lowest BCUT2D eigenvalue weighted by Crippen LogP contribution is -2.41. The van der Waals surface area contributed by atoms with Gasteiger partial charge in [-0.3, -0.25) is 0 Å². The monoisotopic (exact) mass is 333 g/mol. The van der Waals surface area contributed by atoms with Gasteiger partial charge in [-0.2, -0.15) is 8.78 Å². The van der Waals surface area contributed by atoms with Crippen LogP contribution >= 0.6 is 0 Å². The van der Waals surface area contributed by atoms with E-state index >= 15 is 0 Å². The van der Waals surface area contributed by atoms with Gasteiger partial charge in [-0.05, 0) is 24.5 Å². The molecule has 3 rings (SSSR count). The Hall–Kier alpha value is -2.06. The van der Waals surface area contributed by atoms with Crippen LogP contribution in [0, 0.1) is 11.8 Å². The fourth-order valence-corrected chi connectivity index (χ4v) is 3.07. The summed E-state index contributed by atoms with van der Waals surface area (Å²) in [5, 5.41) is 5.19. The quantitative estimate of drug-likeness (QED) is 0.814. The van der Waals surface area contributed by atoms with Crippen LogP contribution in [0.4, 0.5) is 22.4 Å². The van der Waals surface area contributed by atoms with Crippen LogP contribution in [0.25, 0.3) is 0 Å². The summed E-state index contributed by atoms with van der Waals surface area (Å²) in [6, 6.07) is 2.11. The van der Waals surface area contributed by atoms with Gasteiger partial charge in [0.2, 0.25) is 5.88 Å². The van der Waals surface area contributed by atoms with Gasteiger partial charge in [0.1, 0.15) is 0 Å². The summed E-state index contributed by atoms with van der Waals surface area (Å²) in [6.45, 7) is -2.88. The van der Waals surface area contributed by atoms with Gasteiger partial charge in [-0.25, -0.2) is 18.6 Å². The van der Waals surface area contributed by atoms with Gasteiger partial charge in [0, 0.05) is 36.7 Å². The average molecular weight is 333 g/mol. The molecule has 23 heavy (non-hydrogen) atoms. The standard InChI is InChI=1S/C14H15F4N3O2/c15-12(16)23-11-3-7(1-2-19-11)6-20-13(22)21-8-4-9-10(5-8)14(9,17)18/h1-3,8-10,12H,4-6H2,(H2,20,21,22)/t8-,9-,10+. The summed E-state index contributed by atoms with van der Waals surface area (Å²) in [5.41, 5.74) is 0.534. The Morgan fingerprint density at radius 3 is 2.74 bits per heavy atom. The SMILES string of the molecule is O=C(NCc1ccnc(OC(F)F)c1)N[C@@H]1C[C@@H]2[C@H](C1)C2(F)F. The molecule has 0 spiro atoms. The van der Waals surface area contributed by atoms with Crippen molar-refractivity contribution in [3.05, 3.63) is 23.9 Å². The van der Waals surface area contributed by atoms with Crippen LogP contribution in [-0.2, 0) is 6.54 Å². The normalized spacial score (nSPS) is 27.4. The molecular formula is C14H15F4N3O2. The summed E-state index contributed by atoms with van der Waals surface area (Å²) in [7, 11) is 0. The Kier molecular flexibility index (Phi) is 4.03. The molecule has 9 heteroatoms. The topological polar surface area (TPSA) is 63.2 Å². The van der Waals surface area contributed by atoms with E-state index in [1.54, 1.807) is 6.07 Å². The molecular weight excluding hydrogens is 318 g/mol. The fourth-order valence-electron chi connectivity index (χ4n) is 3.07. The van der Waals surface area contributed by atoms with E-state index in [9.17, 15) is 22.4 Å². The first-order valence-electron chi connectivity index (χ1n) is 7.18. The smallest absolute Gasteiger partial charge is 0.388 e. The first kappa shape index (κ1) is 15.8. The van der Waals surface area contributed by atoms with E-state index in [1.165, 1.54) is 12.3 Å². The largest absolute Gasteiger partial charge is 0.417 e. The number of fused-ring (bicyclic) bond motifs is 1. The highest BCUT2D eigenvalue weighted by molar-refractivity contribution is 5.74. The maximum absolute atomic E-state index is 13.1. The summed E-state index contributed by atoms with van der Waals surface area (Å²) < 4.78 is 54.4. The number of carbonyl (C=O) groups is 1. The predicted octanol–water partition coefficient (Wildman–Crippen LogP) is 2.53. The minimum absolute atomic E-state index is 0.0870. The van der Waals surface area contributed by atoms with E-state index < -0.39 is 30.4 Å². The van der Waals surface area contributed by atoms with E-state index in [2.05, 4.69) is 20.4 Å². The van der Waals surface area contributed by atoms with Crippen LogP contribution in [0.15, 0.2) is 18.3 Å². The zero-order valence-corrected chi connectivity index (χ0v) is 11.9. The minimum Gasteiger partial charge on any atom is -0.417 e. The van der Waals surface area contributed by atoms with E-state index in [-0.39, 0.29) is 31.3 Å². The van der Waals surface area contributed by atoms with Crippen LogP contribution in [0.5, 0.6) is 5.88 Å². The highest BCUT2D eigenvalue weighted by Gasteiger charge is 2.71. The second-order valence-electron chi connectivity index (χ2n) is 5.76. The van der Waals surface area contributed by atoms with Gasteiger partial charge in [0.15, 0.2) is 0 Å². The minimum atomic E-state index is -2.97. The summed E-state index contributed by atoms with van der Waals surface area (Å²) >= 11 is 0. The number of pyridine rings is 1. The molecule has 0 aromatic carbocycles. The van der Waals surface area contributed by atoms with Crippen LogP contribution in [0.1, 0.15) is 18.4 Å². The summed E-state index contributed by atoms with van der Waals surface area (Å²) in [5.74, 6) is -4.02. The number of nitrogens with zero attached hydrogens (tertiary/aromatic N) is 1. The molecule has 1 aromatic heterocycles. The third kappa shape index (κ3) is 3.48. The molecule has 1 heterocycles. The van der Waals surface area contributed by atoms with E-state index in [0.717, 1.165) is 0 Å². The molecule has 126 valence electrons. The number of alkyl halides is 4. The molecule has 0 saturated heterocycles. The molecule has 0 radical (unpaired) electrons. The van der Waals surface area contributed by atoms with Crippen LogP contribution < -0.4 is 15.4 Å². The Morgan fingerprint density at radius 1 is 1.39 bits per heavy atom. The number of hydrogen-bond donors (Lipinski definition) is 2. The van der Waals surface area contributed by atoms with Gasteiger partial charge in [0.25, 0.3) is 5.92 Å². The van der Waals surface area contributed by atoms with Crippen molar-refractivity contribution in [1.29, 1.82) is 0 Å². The highest BCUT2D eigenvalue weighted by Crippen LogP contribution is 2.63. The molecule has 1 aromatic rings. The van der Waals surface area contributed by atoms with Crippen molar-refractivity contribution in [1.82, 2.24) is 15.6 Å². The lowest BCUT2D eigenvalue weighted by molar-refractivity contribution is -0.0529. The Morgan fingerprint density at radius 2 is 2.09 bits per heavy atom. The van der Waals surface area contributed by atoms with Gasteiger partial charge in [-0.1, -0.05) is 0 Å². The van der Waals surface area contributed by atoms with Crippen molar-refractivity contribution in [2.24, 2.45) is 11.8 Å². The van der Waals surface area contributed by atoms with Gasteiger partial charge in [-0.15, -0.1) is 0 Å². The van der Waals surface area contributed by atoms with Crippen molar-refractivity contribution in [3.8, 4) is 5.88 Å². The Labute approximate surface area is 129 Å². The molecule has 2 aliphatic carbocycles. The molecule has 2 amide bonds. The third-order valence-corrected chi connectivity index (χ3v) is 4.24. The predicted molar refractivity (Wildman–Crippen MR) is 71.2 cm³/mol. The van der Waals surface area contributed by atoms with Crippen molar-refractivity contribution >= 4 is 6.03 Å². The number of amides is 2. The molecule has 0 aliphatic heterocycles. The summed E-state index contributed by atoms with van der Waals surface area (Å²) in [4.78, 5) is 15.4. The number of urea groups is 1. The number of aromatic nitrogens is 1. The van der Waals surface area contributed by atoms with Crippen molar-refractivity contribution in [2.45, 2.75) is 38.0 Å². The molecule has 0 unspecified atom stereocenters. The highest BCUT2D eigenvalue weighted by atomic mass is 19.3. The second kappa shape index (κ2) is 5.86. The third-order valence-electron chi connectivity index (χ3n) is 4.24. The van der Waals surface area contributed by atoms with E-state index in [4.69, 9.17) is 0 Å². The zero-order valence-electron chi connectivity index (χ0n) is 11.9. The molecule has 2 N–H and O–H groups in total. The number of ether oxygens (including phenoxy) is 1. The Bertz CT molecular complexity index is 585. The maximum Gasteiger partial charge on any atom is 0.388 e. The van der Waals surface area contributed by atoms with Crippen LogP contribution in [0.3, 0.4) is 0 Å². The van der Waals surface area contributed by atoms with Gasteiger partial charge in [0.05, 0.1) is 0 Å². The first-order chi connectivity index (χ1) is 10.9. The van der Waals surface area contributed by atoms with Gasteiger partial charge < -0.3 is 15.4 Å². The zero-order chi connectivity index (χ0) is 16.6. The molecule has 3 atom stereocenters. The van der Waals surface area contributed by atoms with Crippen LogP contribution in [0.2, 0.25) is 0 Å². The molecule has 5 nitrogen and oxygen atoms in total. The fraction of sp³-hybridized carbons (Fsp3) is 0.571. The number of halogens is 4. The van der Waals surface area contributed by atoms with Crippen molar-refractivity contribution in [2.75, 3.05) is 0 Å². The second-order valence-corrected chi connectivity index (χ2v) is 5.76. The summed E-state index contributed by atoms with van der Waals surface area (Å²) in [6.07, 6.45) is 1.86. The van der Waals surface area contributed by atoms with E-state index in [1.807, 2.05) is 0 Å². The number of rotatable bonds is 5. The van der Waals surface area contributed by atoms with Crippen molar-refractivity contribution < 1.29 is 27.1 Å². The average Bonchev–Trinajstić information content (AvgIpc) is 2.84. The molecule has 2 aliphatic rings. The number of nitrogens with one attached hydrogen (secondary N) is 2. The van der Waals surface area contributed by atoms with Gasteiger partial charge >= 0.3 is 12.6 Å². The Balaban J connectivity index is 1.43. The molecule has 2 fully saturated rings. The van der Waals surface area contributed by atoms with E-state index in [0.29, 0.717) is 5.56 Å².